The second-order valence-corrected chi connectivity index (χ2v) is 4.76. The van der Waals surface area contributed by atoms with E-state index in [9.17, 15) is 0 Å². The molecular formula is C13H18N4. The minimum Gasteiger partial charge on any atom is -0.399 e. The Bertz CT molecular complexity index is 511. The standard InChI is InChI=1S/C13H18N4/c14-11-3-8-17-10-12(15-13(17)9-11)4-7-16-5-1-2-6-16/h3,8-10H,1-2,4-7,14H2. The molecule has 17 heavy (non-hydrogen) atoms. The summed E-state index contributed by atoms with van der Waals surface area (Å²) in [6.07, 6.45) is 7.80. The molecule has 0 saturated carbocycles. The van der Waals surface area contributed by atoms with E-state index in [2.05, 4.69) is 16.1 Å². The third-order valence-corrected chi connectivity index (χ3v) is 3.42. The van der Waals surface area contributed by atoms with Crippen molar-refractivity contribution in [1.29, 1.82) is 0 Å². The van der Waals surface area contributed by atoms with Gasteiger partial charge in [-0.15, -0.1) is 0 Å². The monoisotopic (exact) mass is 230 g/mol. The molecule has 90 valence electrons. The van der Waals surface area contributed by atoms with Crippen LogP contribution in [0.5, 0.6) is 0 Å². The normalized spacial score (nSPS) is 16.9. The molecule has 0 amide bonds. The van der Waals surface area contributed by atoms with Crippen LogP contribution in [0, 0.1) is 0 Å². The van der Waals surface area contributed by atoms with Crippen molar-refractivity contribution in [2.75, 3.05) is 25.4 Å². The Morgan fingerprint density at radius 2 is 2.12 bits per heavy atom. The SMILES string of the molecule is Nc1ccn2cc(CCN3CCCC3)nc2c1. The van der Waals surface area contributed by atoms with Gasteiger partial charge in [-0.2, -0.15) is 0 Å². The summed E-state index contributed by atoms with van der Waals surface area (Å²) in [5, 5.41) is 0. The number of aromatic nitrogens is 2. The lowest BCUT2D eigenvalue weighted by atomic mass is 10.3. The molecule has 4 heteroatoms. The van der Waals surface area contributed by atoms with Gasteiger partial charge in [0.05, 0.1) is 5.69 Å². The molecule has 3 rings (SSSR count). The molecule has 2 N–H and O–H groups in total. The maximum Gasteiger partial charge on any atom is 0.139 e. The van der Waals surface area contributed by atoms with Crippen molar-refractivity contribution >= 4 is 11.3 Å². The maximum atomic E-state index is 5.75. The molecule has 0 unspecified atom stereocenters. The van der Waals surface area contributed by atoms with E-state index >= 15 is 0 Å². The highest BCUT2D eigenvalue weighted by Gasteiger charge is 2.11. The van der Waals surface area contributed by atoms with Crippen LogP contribution in [0.3, 0.4) is 0 Å². The highest BCUT2D eigenvalue weighted by atomic mass is 15.1. The zero-order valence-electron chi connectivity index (χ0n) is 9.97. The predicted molar refractivity (Wildman–Crippen MR) is 69.0 cm³/mol. The van der Waals surface area contributed by atoms with Gasteiger partial charge in [0.1, 0.15) is 5.65 Å². The highest BCUT2D eigenvalue weighted by molar-refractivity contribution is 5.52. The molecule has 4 nitrogen and oxygen atoms in total. The van der Waals surface area contributed by atoms with Crippen molar-refractivity contribution in [3.63, 3.8) is 0 Å². The molecule has 0 aromatic carbocycles. The molecule has 1 saturated heterocycles. The predicted octanol–water partition coefficient (Wildman–Crippen LogP) is 1.55. The van der Waals surface area contributed by atoms with E-state index < -0.39 is 0 Å². The Morgan fingerprint density at radius 3 is 2.94 bits per heavy atom. The van der Waals surface area contributed by atoms with Gasteiger partial charge >= 0.3 is 0 Å². The molecule has 0 spiro atoms. The molecule has 1 aliphatic rings. The lowest BCUT2D eigenvalue weighted by Crippen LogP contribution is -2.21. The summed E-state index contributed by atoms with van der Waals surface area (Å²) in [5.41, 5.74) is 8.62. The van der Waals surface area contributed by atoms with Gasteiger partial charge in [-0.25, -0.2) is 4.98 Å². The fraction of sp³-hybridized carbons (Fsp3) is 0.462. The summed E-state index contributed by atoms with van der Waals surface area (Å²) < 4.78 is 2.04. The number of nitrogen functional groups attached to an aromatic ring is 1. The van der Waals surface area contributed by atoms with Crippen molar-refractivity contribution in [3.8, 4) is 0 Å². The Hall–Kier alpha value is -1.55. The van der Waals surface area contributed by atoms with Crippen LogP contribution >= 0.6 is 0 Å². The number of rotatable bonds is 3. The number of anilines is 1. The molecule has 0 bridgehead atoms. The van der Waals surface area contributed by atoms with Gasteiger partial charge in [0, 0.05) is 37.1 Å². The zero-order valence-corrected chi connectivity index (χ0v) is 9.97. The minimum absolute atomic E-state index is 0.772. The van der Waals surface area contributed by atoms with Crippen LogP contribution in [-0.2, 0) is 6.42 Å². The van der Waals surface area contributed by atoms with E-state index in [4.69, 9.17) is 5.73 Å². The van der Waals surface area contributed by atoms with Crippen molar-refractivity contribution in [2.45, 2.75) is 19.3 Å². The van der Waals surface area contributed by atoms with Gasteiger partial charge in [0.15, 0.2) is 0 Å². The van der Waals surface area contributed by atoms with Crippen LogP contribution in [-0.4, -0.2) is 33.9 Å². The average molecular weight is 230 g/mol. The molecule has 3 heterocycles. The third kappa shape index (κ3) is 2.26. The van der Waals surface area contributed by atoms with Gasteiger partial charge in [0.2, 0.25) is 0 Å². The summed E-state index contributed by atoms with van der Waals surface area (Å²) >= 11 is 0. The number of imidazole rings is 1. The van der Waals surface area contributed by atoms with Crippen LogP contribution in [0.4, 0.5) is 5.69 Å². The summed E-state index contributed by atoms with van der Waals surface area (Å²) in [7, 11) is 0. The summed E-state index contributed by atoms with van der Waals surface area (Å²) in [6, 6.07) is 3.82. The summed E-state index contributed by atoms with van der Waals surface area (Å²) in [4.78, 5) is 7.10. The second kappa shape index (κ2) is 4.37. The van der Waals surface area contributed by atoms with Gasteiger partial charge < -0.3 is 15.0 Å². The van der Waals surface area contributed by atoms with Gasteiger partial charge in [0.25, 0.3) is 0 Å². The van der Waals surface area contributed by atoms with Crippen LogP contribution < -0.4 is 5.73 Å². The first-order chi connectivity index (χ1) is 8.31. The number of hydrogen-bond acceptors (Lipinski definition) is 3. The molecule has 2 aromatic rings. The summed E-state index contributed by atoms with van der Waals surface area (Å²) in [5.74, 6) is 0. The average Bonchev–Trinajstić information content (AvgIpc) is 2.94. The molecule has 0 radical (unpaired) electrons. The fourth-order valence-electron chi connectivity index (χ4n) is 2.45. The molecule has 0 aliphatic carbocycles. The van der Waals surface area contributed by atoms with Crippen molar-refractivity contribution < 1.29 is 0 Å². The Morgan fingerprint density at radius 1 is 1.29 bits per heavy atom. The van der Waals surface area contributed by atoms with Crippen molar-refractivity contribution in [3.05, 3.63) is 30.2 Å². The van der Waals surface area contributed by atoms with Crippen LogP contribution in [0.15, 0.2) is 24.5 Å². The number of nitrogens with zero attached hydrogens (tertiary/aromatic N) is 3. The highest BCUT2D eigenvalue weighted by Crippen LogP contribution is 2.12. The number of nitrogens with two attached hydrogens (primary N) is 1. The van der Waals surface area contributed by atoms with Gasteiger partial charge in [-0.05, 0) is 32.0 Å². The topological polar surface area (TPSA) is 46.6 Å². The lowest BCUT2D eigenvalue weighted by molar-refractivity contribution is 0.342. The van der Waals surface area contributed by atoms with Gasteiger partial charge in [-0.3, -0.25) is 0 Å². The van der Waals surface area contributed by atoms with Gasteiger partial charge in [-0.1, -0.05) is 0 Å². The Labute approximate surface area is 101 Å². The smallest absolute Gasteiger partial charge is 0.139 e. The third-order valence-electron chi connectivity index (χ3n) is 3.42. The van der Waals surface area contributed by atoms with E-state index in [0.717, 1.165) is 30.0 Å². The molecule has 1 aliphatic heterocycles. The Kier molecular flexibility index (Phi) is 2.73. The zero-order chi connectivity index (χ0) is 11.7. The number of fused-ring (bicyclic) bond motifs is 1. The van der Waals surface area contributed by atoms with E-state index in [1.165, 1.54) is 25.9 Å². The first-order valence-corrected chi connectivity index (χ1v) is 6.27. The van der Waals surface area contributed by atoms with Crippen LogP contribution in [0.25, 0.3) is 5.65 Å². The summed E-state index contributed by atoms with van der Waals surface area (Å²) in [6.45, 7) is 3.63. The van der Waals surface area contributed by atoms with E-state index in [-0.39, 0.29) is 0 Å². The van der Waals surface area contributed by atoms with E-state index in [0.29, 0.717) is 0 Å². The molecular weight excluding hydrogens is 212 g/mol. The molecule has 1 fully saturated rings. The Balaban J connectivity index is 1.72. The van der Waals surface area contributed by atoms with Crippen LogP contribution in [0.1, 0.15) is 18.5 Å². The number of hydrogen-bond donors (Lipinski definition) is 1. The minimum atomic E-state index is 0.772. The van der Waals surface area contributed by atoms with Crippen molar-refractivity contribution in [2.24, 2.45) is 0 Å². The quantitative estimate of drug-likeness (QED) is 0.870. The first-order valence-electron chi connectivity index (χ1n) is 6.27. The molecule has 0 atom stereocenters. The maximum absolute atomic E-state index is 5.75. The lowest BCUT2D eigenvalue weighted by Gasteiger charge is -2.12. The van der Waals surface area contributed by atoms with E-state index in [1.807, 2.05) is 22.7 Å². The van der Waals surface area contributed by atoms with Crippen molar-refractivity contribution in [1.82, 2.24) is 14.3 Å². The van der Waals surface area contributed by atoms with Crippen LogP contribution in [0.2, 0.25) is 0 Å². The van der Waals surface area contributed by atoms with E-state index in [1.54, 1.807) is 0 Å². The fourth-order valence-corrected chi connectivity index (χ4v) is 2.45. The second-order valence-electron chi connectivity index (χ2n) is 4.76. The number of likely N-dealkylation sites (tertiary alicyclic amines) is 1. The first kappa shape index (κ1) is 10.6. The largest absolute Gasteiger partial charge is 0.399 e. The molecule has 2 aromatic heterocycles. The number of pyridine rings is 1.